The SMILES string of the molecule is Fc1ccc(-c2cccc3c2N=C(Cl)NS3)c(Cl)c1. The van der Waals surface area contributed by atoms with Crippen LogP contribution in [0.15, 0.2) is 46.3 Å². The van der Waals surface area contributed by atoms with E-state index in [2.05, 4.69) is 9.71 Å². The molecule has 1 heterocycles. The van der Waals surface area contributed by atoms with Crippen molar-refractivity contribution in [3.63, 3.8) is 0 Å². The third-order valence-electron chi connectivity index (χ3n) is 2.68. The van der Waals surface area contributed by atoms with Gasteiger partial charge < -0.3 is 4.72 Å². The molecule has 0 unspecified atom stereocenters. The van der Waals surface area contributed by atoms with E-state index in [9.17, 15) is 4.39 Å². The summed E-state index contributed by atoms with van der Waals surface area (Å²) < 4.78 is 16.0. The molecule has 1 aliphatic rings. The molecule has 0 radical (unpaired) electrons. The number of aliphatic imine (C=N–C) groups is 1. The molecule has 96 valence electrons. The predicted molar refractivity (Wildman–Crippen MR) is 78.8 cm³/mol. The molecule has 0 spiro atoms. The van der Waals surface area contributed by atoms with E-state index in [0.717, 1.165) is 21.7 Å². The Labute approximate surface area is 123 Å². The molecule has 0 amide bonds. The third kappa shape index (κ3) is 2.43. The maximum atomic E-state index is 13.1. The minimum absolute atomic E-state index is 0.309. The summed E-state index contributed by atoms with van der Waals surface area (Å²) in [6, 6.07) is 10.0. The highest BCUT2D eigenvalue weighted by atomic mass is 35.5. The average molecular weight is 313 g/mol. The van der Waals surface area contributed by atoms with Crippen molar-refractivity contribution < 1.29 is 4.39 Å². The van der Waals surface area contributed by atoms with Gasteiger partial charge in [-0.15, -0.1) is 0 Å². The number of rotatable bonds is 1. The van der Waals surface area contributed by atoms with E-state index in [4.69, 9.17) is 23.2 Å². The number of benzene rings is 2. The van der Waals surface area contributed by atoms with Crippen molar-refractivity contribution >= 4 is 46.1 Å². The smallest absolute Gasteiger partial charge is 0.206 e. The van der Waals surface area contributed by atoms with Gasteiger partial charge in [0.2, 0.25) is 5.29 Å². The van der Waals surface area contributed by atoms with Gasteiger partial charge in [0, 0.05) is 11.1 Å². The van der Waals surface area contributed by atoms with Crippen LogP contribution in [0.5, 0.6) is 0 Å². The highest BCUT2D eigenvalue weighted by molar-refractivity contribution is 7.98. The fourth-order valence-corrected chi connectivity index (χ4v) is 2.97. The van der Waals surface area contributed by atoms with Crippen LogP contribution >= 0.6 is 35.1 Å². The highest BCUT2D eigenvalue weighted by Crippen LogP contribution is 2.42. The maximum absolute atomic E-state index is 13.1. The summed E-state index contributed by atoms with van der Waals surface area (Å²) >= 11 is 13.4. The van der Waals surface area contributed by atoms with Gasteiger partial charge in [-0.1, -0.05) is 23.7 Å². The molecule has 1 N–H and O–H groups in total. The summed E-state index contributed by atoms with van der Waals surface area (Å²) in [5, 5.41) is 0.659. The Bertz CT molecular complexity index is 688. The average Bonchev–Trinajstić information content (AvgIpc) is 2.38. The van der Waals surface area contributed by atoms with Crippen LogP contribution in [-0.2, 0) is 0 Å². The minimum atomic E-state index is -0.365. The van der Waals surface area contributed by atoms with Crippen molar-refractivity contribution in [1.29, 1.82) is 0 Å². The van der Waals surface area contributed by atoms with Crippen LogP contribution in [0.4, 0.5) is 10.1 Å². The maximum Gasteiger partial charge on any atom is 0.206 e. The predicted octanol–water partition coefficient (Wildman–Crippen LogP) is 4.98. The summed E-state index contributed by atoms with van der Waals surface area (Å²) in [4.78, 5) is 5.23. The van der Waals surface area contributed by atoms with Gasteiger partial charge in [-0.2, -0.15) is 0 Å². The Morgan fingerprint density at radius 2 is 1.95 bits per heavy atom. The molecule has 1 aliphatic heterocycles. The van der Waals surface area contributed by atoms with E-state index in [1.165, 1.54) is 24.1 Å². The Hall–Kier alpha value is -1.23. The van der Waals surface area contributed by atoms with Crippen molar-refractivity contribution in [1.82, 2.24) is 4.72 Å². The molecular weight excluding hydrogens is 306 g/mol. The zero-order chi connectivity index (χ0) is 13.4. The topological polar surface area (TPSA) is 24.4 Å². The summed E-state index contributed by atoms with van der Waals surface area (Å²) in [6.45, 7) is 0. The standard InChI is InChI=1S/C13H7Cl2FN2S/c14-10-6-7(16)4-5-8(10)9-2-1-3-11-12(9)17-13(15)18-19-11/h1-6H,(H,17,18). The normalized spacial score (nSPS) is 13.5. The van der Waals surface area contributed by atoms with Crippen molar-refractivity contribution in [2.75, 3.05) is 0 Å². The first-order valence-corrected chi connectivity index (χ1v) is 6.98. The fraction of sp³-hybridized carbons (Fsp3) is 0. The summed E-state index contributed by atoms with van der Waals surface area (Å²) in [5.41, 5.74) is 2.30. The van der Waals surface area contributed by atoms with E-state index >= 15 is 0 Å². The zero-order valence-electron chi connectivity index (χ0n) is 9.45. The molecule has 3 rings (SSSR count). The van der Waals surface area contributed by atoms with Crippen LogP contribution in [0.2, 0.25) is 5.02 Å². The number of para-hydroxylation sites is 1. The first-order chi connectivity index (χ1) is 9.15. The number of nitrogens with zero attached hydrogens (tertiary/aromatic N) is 1. The third-order valence-corrected chi connectivity index (χ3v) is 4.12. The molecule has 0 saturated carbocycles. The Balaban J connectivity index is 2.22. The van der Waals surface area contributed by atoms with Gasteiger partial charge in [0.15, 0.2) is 0 Å². The molecule has 0 atom stereocenters. The van der Waals surface area contributed by atoms with E-state index in [1.54, 1.807) is 6.07 Å². The lowest BCUT2D eigenvalue weighted by molar-refractivity contribution is 0.628. The van der Waals surface area contributed by atoms with Crippen LogP contribution in [0, 0.1) is 5.82 Å². The van der Waals surface area contributed by atoms with E-state index in [-0.39, 0.29) is 5.82 Å². The Morgan fingerprint density at radius 3 is 2.74 bits per heavy atom. The van der Waals surface area contributed by atoms with Gasteiger partial charge >= 0.3 is 0 Å². The molecular formula is C13H7Cl2FN2S. The summed E-state index contributed by atoms with van der Waals surface area (Å²) in [5.74, 6) is -0.365. The number of halogens is 3. The molecule has 0 fully saturated rings. The largest absolute Gasteiger partial charge is 0.300 e. The van der Waals surface area contributed by atoms with E-state index < -0.39 is 0 Å². The van der Waals surface area contributed by atoms with Crippen molar-refractivity contribution in [2.24, 2.45) is 4.99 Å². The molecule has 0 aliphatic carbocycles. The van der Waals surface area contributed by atoms with Gasteiger partial charge in [0.1, 0.15) is 5.82 Å². The molecule has 19 heavy (non-hydrogen) atoms. The quantitative estimate of drug-likeness (QED) is 0.593. The number of nitrogens with one attached hydrogen (secondary N) is 1. The monoisotopic (exact) mass is 312 g/mol. The van der Waals surface area contributed by atoms with Crippen LogP contribution in [0.1, 0.15) is 0 Å². The first-order valence-electron chi connectivity index (χ1n) is 5.40. The lowest BCUT2D eigenvalue weighted by Gasteiger charge is -2.16. The number of hydrogen-bond donors (Lipinski definition) is 1. The first kappa shape index (κ1) is 12.8. The fourth-order valence-electron chi connectivity index (χ4n) is 1.86. The number of hydrogen-bond acceptors (Lipinski definition) is 3. The van der Waals surface area contributed by atoms with Crippen molar-refractivity contribution in [3.8, 4) is 11.1 Å². The molecule has 0 bridgehead atoms. The van der Waals surface area contributed by atoms with Crippen molar-refractivity contribution in [3.05, 3.63) is 47.2 Å². The highest BCUT2D eigenvalue weighted by Gasteiger charge is 2.17. The van der Waals surface area contributed by atoms with E-state index in [1.807, 2.05) is 18.2 Å². The molecule has 0 saturated heterocycles. The molecule has 6 heteroatoms. The van der Waals surface area contributed by atoms with Gasteiger partial charge in [-0.25, -0.2) is 9.38 Å². The van der Waals surface area contributed by atoms with Gasteiger partial charge in [-0.3, -0.25) is 0 Å². The van der Waals surface area contributed by atoms with Crippen molar-refractivity contribution in [2.45, 2.75) is 4.90 Å². The number of amidine groups is 1. The summed E-state index contributed by atoms with van der Waals surface area (Å²) in [6.07, 6.45) is 0. The van der Waals surface area contributed by atoms with Gasteiger partial charge in [-0.05, 0) is 47.8 Å². The molecule has 2 nitrogen and oxygen atoms in total. The van der Waals surface area contributed by atoms with Gasteiger partial charge in [0.05, 0.1) is 15.6 Å². The lowest BCUT2D eigenvalue weighted by atomic mass is 10.0. The molecule has 0 aromatic heterocycles. The Kier molecular flexibility index (Phi) is 3.39. The second kappa shape index (κ2) is 5.04. The molecule has 2 aromatic carbocycles. The van der Waals surface area contributed by atoms with E-state index in [0.29, 0.717) is 10.3 Å². The van der Waals surface area contributed by atoms with Crippen LogP contribution < -0.4 is 4.72 Å². The lowest BCUT2D eigenvalue weighted by Crippen LogP contribution is -2.11. The minimum Gasteiger partial charge on any atom is -0.300 e. The number of fused-ring (bicyclic) bond motifs is 1. The zero-order valence-corrected chi connectivity index (χ0v) is 11.8. The van der Waals surface area contributed by atoms with Crippen LogP contribution in [-0.4, -0.2) is 5.29 Å². The van der Waals surface area contributed by atoms with Gasteiger partial charge in [0.25, 0.3) is 0 Å². The van der Waals surface area contributed by atoms with Crippen LogP contribution in [0.25, 0.3) is 11.1 Å². The Morgan fingerprint density at radius 1 is 1.11 bits per heavy atom. The second-order valence-corrected chi connectivity index (χ2v) is 5.50. The molecule has 2 aromatic rings. The summed E-state index contributed by atoms with van der Waals surface area (Å²) in [7, 11) is 0. The van der Waals surface area contributed by atoms with Crippen LogP contribution in [0.3, 0.4) is 0 Å². The second-order valence-electron chi connectivity index (χ2n) is 3.88.